The van der Waals surface area contributed by atoms with E-state index in [1.54, 1.807) is 0 Å². The van der Waals surface area contributed by atoms with E-state index in [1.807, 2.05) is 0 Å². The van der Waals surface area contributed by atoms with Crippen LogP contribution < -0.4 is 6.15 Å². The Morgan fingerprint density at radius 2 is 1.66 bits per heavy atom. The van der Waals surface area contributed by atoms with E-state index in [0.29, 0.717) is 35.5 Å². The number of rotatable bonds is 4. The van der Waals surface area contributed by atoms with Crippen LogP contribution in [0.25, 0.3) is 0 Å². The summed E-state index contributed by atoms with van der Waals surface area (Å²) in [6.45, 7) is 7.16. The Morgan fingerprint density at radius 3 is 2.34 bits per heavy atom. The van der Waals surface area contributed by atoms with E-state index in [9.17, 15) is 15.0 Å². The third kappa shape index (κ3) is 3.65. The third-order valence-corrected chi connectivity index (χ3v) is 10.2. The summed E-state index contributed by atoms with van der Waals surface area (Å²) in [5.41, 5.74) is 0.523. The summed E-state index contributed by atoms with van der Waals surface area (Å²) in [5.74, 6) is 2.36. The average molecular weight is 410 g/mol. The highest BCUT2D eigenvalue weighted by Gasteiger charge is 2.62. The fraction of sp³-hybridized carbons (Fsp3) is 0.958. The number of hydrogen-bond donors (Lipinski definition) is 4. The fourth-order valence-corrected chi connectivity index (χ4v) is 8.73. The molecule has 0 aromatic rings. The molecule has 0 saturated heterocycles. The van der Waals surface area contributed by atoms with Crippen LogP contribution in [0.1, 0.15) is 85.0 Å². The fourth-order valence-electron chi connectivity index (χ4n) is 8.73. The van der Waals surface area contributed by atoms with Crippen molar-refractivity contribution < 1.29 is 20.1 Å². The molecule has 0 bridgehead atoms. The summed E-state index contributed by atoms with van der Waals surface area (Å²) >= 11 is 0. The Kier molecular flexibility index (Phi) is 6.45. The van der Waals surface area contributed by atoms with Gasteiger partial charge in [0, 0.05) is 6.42 Å². The first-order valence-corrected chi connectivity index (χ1v) is 11.7. The van der Waals surface area contributed by atoms with Crippen molar-refractivity contribution in [3.63, 3.8) is 0 Å². The molecule has 4 saturated carbocycles. The number of hydrogen-bond acceptors (Lipinski definition) is 4. The van der Waals surface area contributed by atoms with Gasteiger partial charge in [-0.2, -0.15) is 0 Å². The van der Waals surface area contributed by atoms with Gasteiger partial charge >= 0.3 is 5.97 Å². The van der Waals surface area contributed by atoms with Gasteiger partial charge in [-0.05, 0) is 104 Å². The molecule has 4 fully saturated rings. The molecule has 4 aliphatic rings. The molecule has 0 amide bonds. The van der Waals surface area contributed by atoms with Crippen molar-refractivity contribution in [1.29, 1.82) is 0 Å². The van der Waals surface area contributed by atoms with Crippen LogP contribution in [0, 0.1) is 46.3 Å². The van der Waals surface area contributed by atoms with Crippen molar-refractivity contribution in [2.45, 2.75) is 97.2 Å². The maximum absolute atomic E-state index is 11.2. The zero-order chi connectivity index (χ0) is 20.3. The molecule has 4 rings (SSSR count). The number of aliphatic hydroxyl groups excluding tert-OH is 2. The quantitative estimate of drug-likeness (QED) is 0.540. The highest BCUT2D eigenvalue weighted by molar-refractivity contribution is 5.66. The lowest BCUT2D eigenvalue weighted by Crippen LogP contribution is -2.58. The molecule has 0 aromatic carbocycles. The monoisotopic (exact) mass is 409 g/mol. The zero-order valence-electron chi connectivity index (χ0n) is 18.6. The van der Waals surface area contributed by atoms with Crippen LogP contribution in [0.3, 0.4) is 0 Å². The van der Waals surface area contributed by atoms with E-state index in [2.05, 4.69) is 20.8 Å². The molecule has 168 valence electrons. The summed E-state index contributed by atoms with van der Waals surface area (Å²) in [6, 6.07) is 0. The van der Waals surface area contributed by atoms with Crippen molar-refractivity contribution in [3.05, 3.63) is 0 Å². The number of carboxylic acid groups (broad SMARTS) is 1. The first kappa shape index (κ1) is 23.0. The molecular formula is C24H43NO4. The normalized spacial score (nSPS) is 49.9. The van der Waals surface area contributed by atoms with Crippen LogP contribution in [0.15, 0.2) is 0 Å². The van der Waals surface area contributed by atoms with Crippen LogP contribution in [0.2, 0.25) is 0 Å². The Labute approximate surface area is 176 Å². The minimum absolute atomic E-state index is 0. The maximum Gasteiger partial charge on any atom is 0.303 e. The van der Waals surface area contributed by atoms with Crippen molar-refractivity contribution in [2.75, 3.05) is 0 Å². The van der Waals surface area contributed by atoms with Gasteiger partial charge in [0.15, 0.2) is 0 Å². The summed E-state index contributed by atoms with van der Waals surface area (Å²) in [4.78, 5) is 11.1. The van der Waals surface area contributed by atoms with E-state index in [0.717, 1.165) is 32.1 Å². The Morgan fingerprint density at radius 1 is 1.00 bits per heavy atom. The van der Waals surface area contributed by atoms with Crippen LogP contribution in [-0.4, -0.2) is 33.5 Å². The summed E-state index contributed by atoms with van der Waals surface area (Å²) in [6.07, 6.45) is 9.19. The average Bonchev–Trinajstić information content (AvgIpc) is 2.98. The van der Waals surface area contributed by atoms with Crippen molar-refractivity contribution >= 4 is 5.97 Å². The molecule has 10 atom stereocenters. The topological polar surface area (TPSA) is 113 Å². The Balaban J connectivity index is 0.00000240. The first-order valence-electron chi connectivity index (χ1n) is 11.7. The largest absolute Gasteiger partial charge is 0.481 e. The predicted octanol–water partition coefficient (Wildman–Crippen LogP) is 4.64. The summed E-state index contributed by atoms with van der Waals surface area (Å²) in [7, 11) is 0. The number of carbonyl (C=O) groups is 1. The predicted molar refractivity (Wildman–Crippen MR) is 114 cm³/mol. The second-order valence-corrected chi connectivity index (χ2v) is 11.4. The van der Waals surface area contributed by atoms with Crippen molar-refractivity contribution in [2.24, 2.45) is 46.3 Å². The van der Waals surface area contributed by atoms with E-state index in [4.69, 9.17) is 5.11 Å². The highest BCUT2D eigenvalue weighted by atomic mass is 16.4. The van der Waals surface area contributed by atoms with Crippen LogP contribution in [0.5, 0.6) is 0 Å². The molecule has 6 N–H and O–H groups in total. The van der Waals surface area contributed by atoms with Gasteiger partial charge in [0.1, 0.15) is 0 Å². The number of aliphatic hydroxyl groups is 2. The molecule has 5 heteroatoms. The SMILES string of the molecule is C[C@H](CCC(=O)O)[C@H]1CCC2C3C(CC[C@@]21C)[C@@]1(C)CC[C@H](O)CC1C[C@@H]3O.N. The van der Waals surface area contributed by atoms with E-state index in [1.165, 1.54) is 25.7 Å². The Hall–Kier alpha value is -0.650. The van der Waals surface area contributed by atoms with Gasteiger partial charge in [-0.1, -0.05) is 20.8 Å². The van der Waals surface area contributed by atoms with Crippen LogP contribution in [-0.2, 0) is 4.79 Å². The number of carboxylic acids is 1. The molecule has 29 heavy (non-hydrogen) atoms. The lowest BCUT2D eigenvalue weighted by molar-refractivity contribution is -0.174. The van der Waals surface area contributed by atoms with E-state index < -0.39 is 5.97 Å². The molecule has 0 radical (unpaired) electrons. The first-order chi connectivity index (χ1) is 13.2. The third-order valence-electron chi connectivity index (χ3n) is 10.2. The van der Waals surface area contributed by atoms with Gasteiger partial charge in [0.25, 0.3) is 0 Å². The van der Waals surface area contributed by atoms with Crippen LogP contribution >= 0.6 is 0 Å². The molecule has 0 aliphatic heterocycles. The van der Waals surface area contributed by atoms with E-state index in [-0.39, 0.29) is 35.6 Å². The minimum Gasteiger partial charge on any atom is -0.481 e. The summed E-state index contributed by atoms with van der Waals surface area (Å²) in [5, 5.41) is 30.5. The highest BCUT2D eigenvalue weighted by Crippen LogP contribution is 2.68. The molecule has 4 aliphatic carbocycles. The summed E-state index contributed by atoms with van der Waals surface area (Å²) < 4.78 is 0. The standard InChI is InChI=1S/C24H40O4.H3N/c1-14(4-7-21(27)28)17-5-6-18-22-19(9-11-24(17,18)3)23(2)10-8-16(25)12-15(23)13-20(22)26;/h14-20,22,25-26H,4-13H2,1-3H3,(H,27,28);1H3/t14-,15?,16+,17-,18?,19?,20+,22?,23+,24-;/m1./s1. The smallest absolute Gasteiger partial charge is 0.303 e. The van der Waals surface area contributed by atoms with Crippen molar-refractivity contribution in [1.82, 2.24) is 6.15 Å². The maximum atomic E-state index is 11.2. The lowest BCUT2D eigenvalue weighted by Gasteiger charge is -2.62. The Bertz CT molecular complexity index is 612. The van der Waals surface area contributed by atoms with Gasteiger partial charge < -0.3 is 21.5 Å². The minimum atomic E-state index is -0.684. The molecular weight excluding hydrogens is 366 g/mol. The van der Waals surface area contributed by atoms with Crippen LogP contribution in [0.4, 0.5) is 0 Å². The second kappa shape index (κ2) is 8.12. The second-order valence-electron chi connectivity index (χ2n) is 11.4. The van der Waals surface area contributed by atoms with E-state index >= 15 is 0 Å². The molecule has 4 unspecified atom stereocenters. The van der Waals surface area contributed by atoms with Gasteiger partial charge in [-0.3, -0.25) is 4.79 Å². The molecule has 0 spiro atoms. The van der Waals surface area contributed by atoms with Gasteiger partial charge in [-0.25, -0.2) is 0 Å². The van der Waals surface area contributed by atoms with Gasteiger partial charge in [-0.15, -0.1) is 0 Å². The van der Waals surface area contributed by atoms with Crippen molar-refractivity contribution in [3.8, 4) is 0 Å². The lowest BCUT2D eigenvalue weighted by atomic mass is 9.43. The molecule has 0 heterocycles. The van der Waals surface area contributed by atoms with Gasteiger partial charge in [0.2, 0.25) is 0 Å². The zero-order valence-corrected chi connectivity index (χ0v) is 18.6. The van der Waals surface area contributed by atoms with Gasteiger partial charge in [0.05, 0.1) is 12.2 Å². The number of aliphatic carboxylic acids is 1. The molecule has 5 nitrogen and oxygen atoms in total. The molecule has 0 aromatic heterocycles. The number of fused-ring (bicyclic) bond motifs is 5.